The maximum absolute atomic E-state index is 13.5. The van der Waals surface area contributed by atoms with Gasteiger partial charge in [0.1, 0.15) is 5.82 Å². The fourth-order valence-corrected chi connectivity index (χ4v) is 2.42. The van der Waals surface area contributed by atoms with E-state index >= 15 is 0 Å². The summed E-state index contributed by atoms with van der Waals surface area (Å²) in [6, 6.07) is 12.0. The molecule has 104 valence electrons. The molecule has 1 amide bonds. The maximum Gasteiger partial charge on any atom is 0.234 e. The molecule has 0 bridgehead atoms. The number of benzene rings is 2. The Morgan fingerprint density at radius 3 is 2.60 bits per heavy atom. The molecule has 0 aromatic heterocycles. The van der Waals surface area contributed by atoms with Gasteiger partial charge in [0, 0.05) is 9.92 Å². The van der Waals surface area contributed by atoms with E-state index in [4.69, 9.17) is 11.6 Å². The zero-order valence-corrected chi connectivity index (χ0v) is 12.4. The van der Waals surface area contributed by atoms with E-state index in [-0.39, 0.29) is 17.3 Å². The number of carbonyl (C=O) groups excluding carboxylic acids is 1. The second-order valence-corrected chi connectivity index (χ2v) is 5.76. The van der Waals surface area contributed by atoms with Crippen LogP contribution in [0.3, 0.4) is 0 Å². The first kappa shape index (κ1) is 14.9. The van der Waals surface area contributed by atoms with E-state index in [0.717, 1.165) is 4.90 Å². The van der Waals surface area contributed by atoms with E-state index in [2.05, 4.69) is 5.32 Å². The summed E-state index contributed by atoms with van der Waals surface area (Å²) < 4.78 is 13.5. The van der Waals surface area contributed by atoms with Crippen molar-refractivity contribution in [1.29, 1.82) is 0 Å². The molecular weight excluding hydrogens is 297 g/mol. The van der Waals surface area contributed by atoms with Crippen LogP contribution in [0.2, 0.25) is 5.02 Å². The minimum absolute atomic E-state index is 0.143. The molecule has 0 aliphatic rings. The van der Waals surface area contributed by atoms with Crippen molar-refractivity contribution in [3.8, 4) is 0 Å². The Balaban J connectivity index is 1.90. The summed E-state index contributed by atoms with van der Waals surface area (Å²) in [6.07, 6.45) is 0. The van der Waals surface area contributed by atoms with Crippen LogP contribution in [-0.2, 0) is 4.79 Å². The normalized spacial score (nSPS) is 10.3. The second-order valence-electron chi connectivity index (χ2n) is 4.27. The van der Waals surface area contributed by atoms with Gasteiger partial charge in [-0.05, 0) is 37.3 Å². The van der Waals surface area contributed by atoms with Gasteiger partial charge in [-0.2, -0.15) is 0 Å². The molecule has 0 radical (unpaired) electrons. The zero-order valence-electron chi connectivity index (χ0n) is 10.8. The molecule has 0 saturated carbocycles. The van der Waals surface area contributed by atoms with E-state index in [1.54, 1.807) is 0 Å². The first-order valence-electron chi connectivity index (χ1n) is 5.99. The van der Waals surface area contributed by atoms with Crippen LogP contribution in [0.25, 0.3) is 0 Å². The molecule has 1 N–H and O–H groups in total. The zero-order chi connectivity index (χ0) is 14.5. The second kappa shape index (κ2) is 6.77. The predicted molar refractivity (Wildman–Crippen MR) is 81.9 cm³/mol. The monoisotopic (exact) mass is 309 g/mol. The van der Waals surface area contributed by atoms with Crippen LogP contribution in [0.5, 0.6) is 0 Å². The standard InChI is InChI=1S/C15H13ClFNOS/c1-10-2-5-12(6-3-10)20-9-15(19)18-14-7-4-11(16)8-13(14)17/h2-8H,9H2,1H3,(H,18,19). The maximum atomic E-state index is 13.5. The number of amides is 1. The fourth-order valence-electron chi connectivity index (χ4n) is 1.56. The van der Waals surface area contributed by atoms with Crippen LogP contribution in [0.1, 0.15) is 5.56 Å². The van der Waals surface area contributed by atoms with Crippen molar-refractivity contribution in [3.05, 3.63) is 58.9 Å². The Morgan fingerprint density at radius 1 is 1.25 bits per heavy atom. The molecule has 2 rings (SSSR count). The van der Waals surface area contributed by atoms with Crippen LogP contribution in [-0.4, -0.2) is 11.7 Å². The third-order valence-electron chi connectivity index (χ3n) is 2.60. The van der Waals surface area contributed by atoms with Gasteiger partial charge in [0.05, 0.1) is 11.4 Å². The number of rotatable bonds is 4. The summed E-state index contributed by atoms with van der Waals surface area (Å²) in [4.78, 5) is 12.8. The van der Waals surface area contributed by atoms with Gasteiger partial charge in [0.25, 0.3) is 0 Å². The molecule has 20 heavy (non-hydrogen) atoms. The van der Waals surface area contributed by atoms with Gasteiger partial charge in [-0.15, -0.1) is 11.8 Å². The highest BCUT2D eigenvalue weighted by molar-refractivity contribution is 8.00. The Morgan fingerprint density at radius 2 is 1.95 bits per heavy atom. The van der Waals surface area contributed by atoms with Crippen LogP contribution in [0, 0.1) is 12.7 Å². The van der Waals surface area contributed by atoms with Gasteiger partial charge in [-0.1, -0.05) is 29.3 Å². The van der Waals surface area contributed by atoms with Crippen molar-refractivity contribution < 1.29 is 9.18 Å². The van der Waals surface area contributed by atoms with Gasteiger partial charge in [0.2, 0.25) is 5.91 Å². The third kappa shape index (κ3) is 4.25. The fraction of sp³-hybridized carbons (Fsp3) is 0.133. The van der Waals surface area contributed by atoms with Crippen LogP contribution < -0.4 is 5.32 Å². The highest BCUT2D eigenvalue weighted by Gasteiger charge is 2.08. The van der Waals surface area contributed by atoms with Gasteiger partial charge in [0.15, 0.2) is 0 Å². The predicted octanol–water partition coefficient (Wildman–Crippen LogP) is 4.52. The molecule has 5 heteroatoms. The lowest BCUT2D eigenvalue weighted by Crippen LogP contribution is -2.14. The van der Waals surface area contributed by atoms with E-state index in [0.29, 0.717) is 5.02 Å². The number of aryl methyl sites for hydroxylation is 1. The smallest absolute Gasteiger partial charge is 0.234 e. The SMILES string of the molecule is Cc1ccc(SCC(=O)Nc2ccc(Cl)cc2F)cc1. The van der Waals surface area contributed by atoms with Crippen molar-refractivity contribution >= 4 is 35.0 Å². The number of thioether (sulfide) groups is 1. The molecule has 0 fully saturated rings. The molecule has 0 unspecified atom stereocenters. The lowest BCUT2D eigenvalue weighted by Gasteiger charge is -2.06. The van der Waals surface area contributed by atoms with E-state index in [1.807, 2.05) is 31.2 Å². The molecule has 2 aromatic carbocycles. The van der Waals surface area contributed by atoms with Crippen molar-refractivity contribution in [2.24, 2.45) is 0 Å². The summed E-state index contributed by atoms with van der Waals surface area (Å²) in [5.41, 5.74) is 1.31. The van der Waals surface area contributed by atoms with Crippen molar-refractivity contribution in [2.75, 3.05) is 11.1 Å². The summed E-state index contributed by atoms with van der Waals surface area (Å²) >= 11 is 7.06. The molecule has 0 aliphatic carbocycles. The largest absolute Gasteiger partial charge is 0.323 e. The Kier molecular flexibility index (Phi) is 5.04. The highest BCUT2D eigenvalue weighted by atomic mass is 35.5. The van der Waals surface area contributed by atoms with Gasteiger partial charge in [-0.25, -0.2) is 4.39 Å². The molecule has 0 saturated heterocycles. The van der Waals surface area contributed by atoms with Crippen molar-refractivity contribution in [1.82, 2.24) is 0 Å². The molecule has 2 nitrogen and oxygen atoms in total. The number of carbonyl (C=O) groups is 1. The van der Waals surface area contributed by atoms with Gasteiger partial charge >= 0.3 is 0 Å². The summed E-state index contributed by atoms with van der Waals surface area (Å²) in [6.45, 7) is 2.00. The Labute approximate surface area is 126 Å². The number of anilines is 1. The van der Waals surface area contributed by atoms with Crippen LogP contribution in [0.4, 0.5) is 10.1 Å². The summed E-state index contributed by atoms with van der Waals surface area (Å²) in [5, 5.41) is 2.83. The first-order valence-corrected chi connectivity index (χ1v) is 7.35. The third-order valence-corrected chi connectivity index (χ3v) is 3.84. The minimum Gasteiger partial charge on any atom is -0.323 e. The van der Waals surface area contributed by atoms with E-state index in [1.165, 1.54) is 35.5 Å². The van der Waals surface area contributed by atoms with Crippen molar-refractivity contribution in [2.45, 2.75) is 11.8 Å². The average molecular weight is 310 g/mol. The Hall–Kier alpha value is -1.52. The molecule has 0 aliphatic heterocycles. The Bertz CT molecular complexity index is 616. The number of halogens is 2. The average Bonchev–Trinajstić information content (AvgIpc) is 2.41. The van der Waals surface area contributed by atoms with E-state index in [9.17, 15) is 9.18 Å². The molecule has 0 atom stereocenters. The van der Waals surface area contributed by atoms with E-state index < -0.39 is 5.82 Å². The van der Waals surface area contributed by atoms with Crippen LogP contribution in [0.15, 0.2) is 47.4 Å². The lowest BCUT2D eigenvalue weighted by atomic mass is 10.2. The molecular formula is C15H13ClFNOS. The highest BCUT2D eigenvalue weighted by Crippen LogP contribution is 2.21. The number of hydrogen-bond donors (Lipinski definition) is 1. The number of hydrogen-bond acceptors (Lipinski definition) is 2. The van der Waals surface area contributed by atoms with Gasteiger partial charge < -0.3 is 5.32 Å². The van der Waals surface area contributed by atoms with Gasteiger partial charge in [-0.3, -0.25) is 4.79 Å². The summed E-state index contributed by atoms with van der Waals surface area (Å²) in [5.74, 6) is -0.562. The topological polar surface area (TPSA) is 29.1 Å². The first-order chi connectivity index (χ1) is 9.54. The molecule has 0 heterocycles. The molecule has 0 spiro atoms. The van der Waals surface area contributed by atoms with Crippen LogP contribution >= 0.6 is 23.4 Å². The van der Waals surface area contributed by atoms with Crippen molar-refractivity contribution in [3.63, 3.8) is 0 Å². The minimum atomic E-state index is -0.536. The summed E-state index contributed by atoms with van der Waals surface area (Å²) in [7, 11) is 0. The lowest BCUT2D eigenvalue weighted by molar-refractivity contribution is -0.113. The molecule has 2 aromatic rings. The quantitative estimate of drug-likeness (QED) is 0.841. The number of nitrogens with one attached hydrogen (secondary N) is 1.